The first-order valence-electron chi connectivity index (χ1n) is 5.52. The number of hydrogen-bond acceptors (Lipinski definition) is 4. The minimum absolute atomic E-state index is 0.514. The molecule has 4 heteroatoms. The molecular formula is C12H17NO3. The topological polar surface area (TPSA) is 53.7 Å². The fourth-order valence-electron chi connectivity index (χ4n) is 1.86. The molecule has 0 amide bonds. The van der Waals surface area contributed by atoms with E-state index in [9.17, 15) is 0 Å². The van der Waals surface area contributed by atoms with Crippen LogP contribution in [0.1, 0.15) is 17.5 Å². The third-order valence-electron chi connectivity index (χ3n) is 2.76. The SMILES string of the molecule is Cc1c(CCON)ccc2c1OCCCO2. The lowest BCUT2D eigenvalue weighted by atomic mass is 10.0. The first kappa shape index (κ1) is 11.2. The van der Waals surface area contributed by atoms with Crippen molar-refractivity contribution in [2.45, 2.75) is 19.8 Å². The summed E-state index contributed by atoms with van der Waals surface area (Å²) in [7, 11) is 0. The summed E-state index contributed by atoms with van der Waals surface area (Å²) in [5, 5.41) is 0. The quantitative estimate of drug-likeness (QED) is 0.791. The number of ether oxygens (including phenoxy) is 2. The van der Waals surface area contributed by atoms with Gasteiger partial charge in [0, 0.05) is 6.42 Å². The number of fused-ring (bicyclic) bond motifs is 1. The molecule has 0 spiro atoms. The highest BCUT2D eigenvalue weighted by Gasteiger charge is 2.15. The van der Waals surface area contributed by atoms with E-state index in [2.05, 4.69) is 4.84 Å². The van der Waals surface area contributed by atoms with Gasteiger partial charge in [0.25, 0.3) is 0 Å². The van der Waals surface area contributed by atoms with Crippen LogP contribution in [0.4, 0.5) is 0 Å². The molecule has 2 N–H and O–H groups in total. The van der Waals surface area contributed by atoms with E-state index in [0.717, 1.165) is 36.5 Å². The molecule has 4 nitrogen and oxygen atoms in total. The zero-order valence-corrected chi connectivity index (χ0v) is 9.49. The van der Waals surface area contributed by atoms with Crippen molar-refractivity contribution >= 4 is 0 Å². The van der Waals surface area contributed by atoms with Gasteiger partial charge in [0.15, 0.2) is 11.5 Å². The summed E-state index contributed by atoms with van der Waals surface area (Å²) in [4.78, 5) is 4.60. The summed E-state index contributed by atoms with van der Waals surface area (Å²) in [6.45, 7) is 3.99. The Balaban J connectivity index is 2.26. The molecule has 1 aromatic rings. The third-order valence-corrected chi connectivity index (χ3v) is 2.76. The van der Waals surface area contributed by atoms with Gasteiger partial charge in [-0.3, -0.25) is 0 Å². The van der Waals surface area contributed by atoms with Gasteiger partial charge in [-0.05, 0) is 30.5 Å². The van der Waals surface area contributed by atoms with Crippen molar-refractivity contribution in [1.29, 1.82) is 0 Å². The van der Waals surface area contributed by atoms with Crippen LogP contribution in [0.25, 0.3) is 0 Å². The Hall–Kier alpha value is -1.26. The highest BCUT2D eigenvalue weighted by atomic mass is 16.6. The van der Waals surface area contributed by atoms with Crippen LogP contribution >= 0.6 is 0 Å². The second-order valence-electron chi connectivity index (χ2n) is 3.85. The third kappa shape index (κ3) is 2.28. The predicted molar refractivity (Wildman–Crippen MR) is 60.6 cm³/mol. The Morgan fingerprint density at radius 1 is 1.31 bits per heavy atom. The zero-order chi connectivity index (χ0) is 11.4. The van der Waals surface area contributed by atoms with Gasteiger partial charge in [-0.25, -0.2) is 5.90 Å². The smallest absolute Gasteiger partial charge is 0.164 e. The van der Waals surface area contributed by atoms with Gasteiger partial charge in [-0.15, -0.1) is 0 Å². The van der Waals surface area contributed by atoms with Crippen LogP contribution in [0.15, 0.2) is 12.1 Å². The van der Waals surface area contributed by atoms with Crippen molar-refractivity contribution in [3.63, 3.8) is 0 Å². The standard InChI is InChI=1S/C12H17NO3/c1-9-10(5-8-16-13)3-4-11-12(9)15-7-2-6-14-11/h3-4H,2,5-8,13H2,1H3. The van der Waals surface area contributed by atoms with Gasteiger partial charge in [0.05, 0.1) is 19.8 Å². The molecule has 0 radical (unpaired) electrons. The maximum absolute atomic E-state index is 5.70. The number of rotatable bonds is 3. The second kappa shape index (κ2) is 5.18. The average Bonchev–Trinajstić information content (AvgIpc) is 2.54. The second-order valence-corrected chi connectivity index (χ2v) is 3.85. The van der Waals surface area contributed by atoms with Crippen LogP contribution in [-0.4, -0.2) is 19.8 Å². The van der Waals surface area contributed by atoms with Crippen LogP contribution in [0.5, 0.6) is 11.5 Å². The van der Waals surface area contributed by atoms with Crippen molar-refractivity contribution in [2.24, 2.45) is 5.90 Å². The average molecular weight is 223 g/mol. The minimum Gasteiger partial charge on any atom is -0.490 e. The van der Waals surface area contributed by atoms with E-state index in [4.69, 9.17) is 15.4 Å². The van der Waals surface area contributed by atoms with E-state index in [-0.39, 0.29) is 0 Å². The maximum Gasteiger partial charge on any atom is 0.164 e. The van der Waals surface area contributed by atoms with E-state index in [0.29, 0.717) is 13.2 Å². The van der Waals surface area contributed by atoms with Crippen molar-refractivity contribution < 1.29 is 14.3 Å². The molecule has 1 heterocycles. The molecule has 16 heavy (non-hydrogen) atoms. The maximum atomic E-state index is 5.70. The van der Waals surface area contributed by atoms with E-state index in [1.807, 2.05) is 19.1 Å². The summed E-state index contributed by atoms with van der Waals surface area (Å²) >= 11 is 0. The Labute approximate surface area is 95.2 Å². The van der Waals surface area contributed by atoms with Crippen molar-refractivity contribution in [1.82, 2.24) is 0 Å². The molecule has 0 saturated heterocycles. The van der Waals surface area contributed by atoms with Crippen LogP contribution in [0.3, 0.4) is 0 Å². The largest absolute Gasteiger partial charge is 0.490 e. The van der Waals surface area contributed by atoms with Crippen LogP contribution in [0, 0.1) is 6.92 Å². The Kier molecular flexibility index (Phi) is 3.64. The lowest BCUT2D eigenvalue weighted by Gasteiger charge is -2.13. The molecule has 0 atom stereocenters. The Bertz CT molecular complexity index is 366. The van der Waals surface area contributed by atoms with E-state index in [1.54, 1.807) is 0 Å². The fourth-order valence-corrected chi connectivity index (χ4v) is 1.86. The van der Waals surface area contributed by atoms with Gasteiger partial charge in [0.1, 0.15) is 0 Å². The summed E-state index contributed by atoms with van der Waals surface area (Å²) < 4.78 is 11.3. The molecule has 0 aromatic heterocycles. The van der Waals surface area contributed by atoms with Crippen molar-refractivity contribution in [3.05, 3.63) is 23.3 Å². The number of nitrogens with two attached hydrogens (primary N) is 1. The first-order valence-corrected chi connectivity index (χ1v) is 5.52. The number of hydrogen-bond donors (Lipinski definition) is 1. The monoisotopic (exact) mass is 223 g/mol. The molecule has 0 unspecified atom stereocenters. The van der Waals surface area contributed by atoms with Crippen LogP contribution in [0.2, 0.25) is 0 Å². The molecule has 1 aromatic carbocycles. The zero-order valence-electron chi connectivity index (χ0n) is 9.49. The molecule has 1 aliphatic rings. The highest BCUT2D eigenvalue weighted by molar-refractivity contribution is 5.50. The van der Waals surface area contributed by atoms with Crippen LogP contribution in [-0.2, 0) is 11.3 Å². The molecule has 1 aliphatic heterocycles. The molecule has 88 valence electrons. The summed E-state index contributed by atoms with van der Waals surface area (Å²) in [6, 6.07) is 4.00. The van der Waals surface area contributed by atoms with Gasteiger partial charge < -0.3 is 14.3 Å². The first-order chi connectivity index (χ1) is 7.83. The molecular weight excluding hydrogens is 206 g/mol. The van der Waals surface area contributed by atoms with Crippen molar-refractivity contribution in [2.75, 3.05) is 19.8 Å². The summed E-state index contributed by atoms with van der Waals surface area (Å²) in [6.07, 6.45) is 1.72. The summed E-state index contributed by atoms with van der Waals surface area (Å²) in [5.41, 5.74) is 2.31. The van der Waals surface area contributed by atoms with Crippen LogP contribution < -0.4 is 15.4 Å². The van der Waals surface area contributed by atoms with Gasteiger partial charge in [-0.1, -0.05) is 6.07 Å². The molecule has 0 aliphatic carbocycles. The van der Waals surface area contributed by atoms with E-state index >= 15 is 0 Å². The molecule has 0 fully saturated rings. The minimum atomic E-state index is 0.514. The van der Waals surface area contributed by atoms with E-state index < -0.39 is 0 Å². The highest BCUT2D eigenvalue weighted by Crippen LogP contribution is 2.35. The lowest BCUT2D eigenvalue weighted by molar-refractivity contribution is 0.141. The molecule has 0 saturated carbocycles. The predicted octanol–water partition coefficient (Wildman–Crippen LogP) is 1.59. The normalized spacial score (nSPS) is 14.6. The van der Waals surface area contributed by atoms with E-state index in [1.165, 1.54) is 5.56 Å². The lowest BCUT2D eigenvalue weighted by Crippen LogP contribution is -2.05. The molecule has 0 bridgehead atoms. The number of benzene rings is 1. The summed E-state index contributed by atoms with van der Waals surface area (Å²) in [5.74, 6) is 6.74. The Morgan fingerprint density at radius 2 is 2.12 bits per heavy atom. The van der Waals surface area contributed by atoms with Gasteiger partial charge in [-0.2, -0.15) is 0 Å². The Morgan fingerprint density at radius 3 is 2.94 bits per heavy atom. The fraction of sp³-hybridized carbons (Fsp3) is 0.500. The van der Waals surface area contributed by atoms with Gasteiger partial charge in [0.2, 0.25) is 0 Å². The van der Waals surface area contributed by atoms with Crippen molar-refractivity contribution in [3.8, 4) is 11.5 Å². The van der Waals surface area contributed by atoms with Gasteiger partial charge >= 0.3 is 0 Å². The molecule has 2 rings (SSSR count).